The molecule has 0 atom stereocenters. The summed E-state index contributed by atoms with van der Waals surface area (Å²) in [5, 5.41) is 9.17. The minimum Gasteiger partial charge on any atom is -0.496 e. The summed E-state index contributed by atoms with van der Waals surface area (Å²) < 4.78 is 11.3. The molecule has 0 aliphatic rings. The van der Waals surface area contributed by atoms with Gasteiger partial charge >= 0.3 is 5.97 Å². The van der Waals surface area contributed by atoms with Gasteiger partial charge < -0.3 is 14.3 Å². The molecule has 1 heterocycles. The van der Waals surface area contributed by atoms with Crippen molar-refractivity contribution < 1.29 is 19.1 Å². The molecule has 0 aliphatic heterocycles. The molecule has 5 nitrogen and oxygen atoms in total. The van der Waals surface area contributed by atoms with E-state index in [1.54, 1.807) is 7.11 Å². The maximum Gasteiger partial charge on any atom is 0.314 e. The molecule has 1 aromatic heterocycles. The van der Waals surface area contributed by atoms with E-state index in [-0.39, 0.29) is 5.75 Å². The lowest BCUT2D eigenvalue weighted by atomic mass is 10.1. The highest BCUT2D eigenvalue weighted by Gasteiger charge is 2.20. The molecule has 0 bridgehead atoms. The van der Waals surface area contributed by atoms with Crippen LogP contribution in [0, 0.1) is 0 Å². The Morgan fingerprint density at radius 1 is 1.17 bits per heavy atom. The van der Waals surface area contributed by atoms with E-state index in [2.05, 4.69) is 4.98 Å². The van der Waals surface area contributed by atoms with Crippen molar-refractivity contribution >= 4 is 17.7 Å². The van der Waals surface area contributed by atoms with Crippen LogP contribution in [0.3, 0.4) is 0 Å². The van der Waals surface area contributed by atoms with E-state index < -0.39 is 5.97 Å². The van der Waals surface area contributed by atoms with Gasteiger partial charge in [0.2, 0.25) is 0 Å². The number of hydrogen-bond acceptors (Lipinski definition) is 5. The first-order valence-electron chi connectivity index (χ1n) is 7.23. The Morgan fingerprint density at radius 2 is 1.88 bits per heavy atom. The highest BCUT2D eigenvalue weighted by Crippen LogP contribution is 2.39. The van der Waals surface area contributed by atoms with Gasteiger partial charge in [0.25, 0.3) is 5.22 Å². The van der Waals surface area contributed by atoms with Crippen LogP contribution in [0.2, 0.25) is 0 Å². The van der Waals surface area contributed by atoms with Gasteiger partial charge in [-0.05, 0) is 12.1 Å². The van der Waals surface area contributed by atoms with E-state index in [1.165, 1.54) is 0 Å². The van der Waals surface area contributed by atoms with Gasteiger partial charge in [-0.15, -0.1) is 0 Å². The van der Waals surface area contributed by atoms with Gasteiger partial charge in [0.1, 0.15) is 17.2 Å². The Hall–Kier alpha value is -2.73. The van der Waals surface area contributed by atoms with Crippen LogP contribution in [0.5, 0.6) is 5.75 Å². The summed E-state index contributed by atoms with van der Waals surface area (Å²) in [6, 6.07) is 17.1. The highest BCUT2D eigenvalue weighted by molar-refractivity contribution is 7.99. The first kappa shape index (κ1) is 16.1. The van der Waals surface area contributed by atoms with E-state index in [9.17, 15) is 4.79 Å². The van der Waals surface area contributed by atoms with Crippen molar-refractivity contribution in [1.29, 1.82) is 0 Å². The van der Waals surface area contributed by atoms with Gasteiger partial charge in [-0.1, -0.05) is 54.2 Å². The van der Waals surface area contributed by atoms with Crippen LogP contribution in [0.25, 0.3) is 22.6 Å². The van der Waals surface area contributed by atoms with Crippen molar-refractivity contribution in [1.82, 2.24) is 4.98 Å². The zero-order valence-electron chi connectivity index (χ0n) is 12.9. The number of rotatable bonds is 6. The lowest BCUT2D eigenvalue weighted by Crippen LogP contribution is -1.97. The van der Waals surface area contributed by atoms with Crippen LogP contribution in [0.4, 0.5) is 0 Å². The smallest absolute Gasteiger partial charge is 0.314 e. The van der Waals surface area contributed by atoms with E-state index in [0.717, 1.165) is 22.9 Å². The third-order valence-corrected chi connectivity index (χ3v) is 4.14. The van der Waals surface area contributed by atoms with Crippen LogP contribution < -0.4 is 4.74 Å². The Kier molecular flexibility index (Phi) is 4.86. The molecular weight excluding hydrogens is 326 g/mol. The molecule has 24 heavy (non-hydrogen) atoms. The predicted octanol–water partition coefficient (Wildman–Crippen LogP) is 4.19. The summed E-state index contributed by atoms with van der Waals surface area (Å²) in [6.45, 7) is 0. The van der Waals surface area contributed by atoms with Gasteiger partial charge in [0.15, 0.2) is 5.76 Å². The largest absolute Gasteiger partial charge is 0.496 e. The van der Waals surface area contributed by atoms with Crippen LogP contribution in [-0.2, 0) is 4.79 Å². The van der Waals surface area contributed by atoms with Crippen LogP contribution in [0.15, 0.2) is 64.2 Å². The van der Waals surface area contributed by atoms with Crippen molar-refractivity contribution in [2.75, 3.05) is 12.9 Å². The molecule has 0 unspecified atom stereocenters. The van der Waals surface area contributed by atoms with E-state index in [1.807, 2.05) is 54.6 Å². The standard InChI is InChI=1S/C18H15NO4S/c1-22-14-10-6-5-9-13(14)16-17(12-7-3-2-4-8-12)23-18(19-16)24-11-15(20)21/h2-10H,11H2,1H3,(H,20,21). The number of carboxylic acids is 1. The zero-order valence-corrected chi connectivity index (χ0v) is 13.7. The second-order valence-corrected chi connectivity index (χ2v) is 5.83. The summed E-state index contributed by atoms with van der Waals surface area (Å²) >= 11 is 1.05. The Morgan fingerprint density at radius 3 is 2.58 bits per heavy atom. The predicted molar refractivity (Wildman–Crippen MR) is 92.3 cm³/mol. The maximum atomic E-state index is 10.8. The number of carboxylic acid groups (broad SMARTS) is 1. The Bertz CT molecular complexity index is 845. The molecule has 0 radical (unpaired) electrons. The average Bonchev–Trinajstić information content (AvgIpc) is 3.05. The fourth-order valence-electron chi connectivity index (χ4n) is 2.29. The molecule has 3 aromatic rings. The number of oxazole rings is 1. The molecule has 122 valence electrons. The summed E-state index contributed by atoms with van der Waals surface area (Å²) in [5.41, 5.74) is 2.30. The van der Waals surface area contributed by atoms with Crippen LogP contribution in [0.1, 0.15) is 0 Å². The lowest BCUT2D eigenvalue weighted by Gasteiger charge is -2.07. The van der Waals surface area contributed by atoms with E-state index in [4.69, 9.17) is 14.3 Å². The molecule has 2 aromatic carbocycles. The van der Waals surface area contributed by atoms with Crippen LogP contribution >= 0.6 is 11.8 Å². The molecular formula is C18H15NO4S. The normalized spacial score (nSPS) is 10.5. The number of para-hydroxylation sites is 1. The minimum absolute atomic E-state index is 0.111. The Labute approximate surface area is 143 Å². The highest BCUT2D eigenvalue weighted by atomic mass is 32.2. The van der Waals surface area contributed by atoms with Gasteiger partial charge in [0, 0.05) is 11.1 Å². The number of methoxy groups -OCH3 is 1. The van der Waals surface area contributed by atoms with Crippen molar-refractivity contribution in [3.8, 4) is 28.3 Å². The number of hydrogen-bond donors (Lipinski definition) is 1. The third-order valence-electron chi connectivity index (χ3n) is 3.32. The third kappa shape index (κ3) is 3.44. The molecule has 0 saturated heterocycles. The number of aliphatic carboxylic acids is 1. The second kappa shape index (κ2) is 7.23. The minimum atomic E-state index is -0.918. The summed E-state index contributed by atoms with van der Waals surface area (Å²) in [5.74, 6) is 0.240. The first-order valence-corrected chi connectivity index (χ1v) is 8.22. The summed E-state index contributed by atoms with van der Waals surface area (Å²) in [7, 11) is 1.60. The topological polar surface area (TPSA) is 72.6 Å². The zero-order chi connectivity index (χ0) is 16.9. The van der Waals surface area contributed by atoms with Gasteiger partial charge in [0.05, 0.1) is 7.11 Å². The number of carbonyl (C=O) groups is 1. The quantitative estimate of drug-likeness (QED) is 0.678. The summed E-state index contributed by atoms with van der Waals surface area (Å²) in [6.07, 6.45) is 0. The number of benzene rings is 2. The molecule has 1 N–H and O–H groups in total. The molecule has 3 rings (SSSR count). The Balaban J connectivity index is 2.10. The van der Waals surface area contributed by atoms with Crippen molar-refractivity contribution in [2.45, 2.75) is 5.22 Å². The average molecular weight is 341 g/mol. The second-order valence-electron chi connectivity index (χ2n) is 4.91. The van der Waals surface area contributed by atoms with Crippen molar-refractivity contribution in [2.24, 2.45) is 0 Å². The SMILES string of the molecule is COc1ccccc1-c1nc(SCC(=O)O)oc1-c1ccccc1. The fourth-order valence-corrected chi connectivity index (χ4v) is 2.84. The first-order chi connectivity index (χ1) is 11.7. The monoisotopic (exact) mass is 341 g/mol. The number of thioether (sulfide) groups is 1. The molecule has 0 spiro atoms. The molecule has 0 saturated carbocycles. The van der Waals surface area contributed by atoms with E-state index >= 15 is 0 Å². The van der Waals surface area contributed by atoms with Crippen molar-refractivity contribution in [3.63, 3.8) is 0 Å². The molecule has 0 amide bonds. The van der Waals surface area contributed by atoms with Crippen molar-refractivity contribution in [3.05, 3.63) is 54.6 Å². The molecule has 6 heteroatoms. The number of aromatic nitrogens is 1. The van der Waals surface area contributed by atoms with Gasteiger partial charge in [-0.25, -0.2) is 4.98 Å². The molecule has 0 aliphatic carbocycles. The fraction of sp³-hybridized carbons (Fsp3) is 0.111. The van der Waals surface area contributed by atoms with Gasteiger partial charge in [-0.3, -0.25) is 4.79 Å². The van der Waals surface area contributed by atoms with E-state index in [0.29, 0.717) is 22.4 Å². The maximum absolute atomic E-state index is 10.8. The molecule has 0 fully saturated rings. The van der Waals surface area contributed by atoms with Crippen LogP contribution in [-0.4, -0.2) is 28.9 Å². The lowest BCUT2D eigenvalue weighted by molar-refractivity contribution is -0.133. The number of ether oxygens (including phenoxy) is 1. The number of nitrogens with zero attached hydrogens (tertiary/aromatic N) is 1. The van der Waals surface area contributed by atoms with Gasteiger partial charge in [-0.2, -0.15) is 0 Å². The summed E-state index contributed by atoms with van der Waals surface area (Å²) in [4.78, 5) is 15.3.